The van der Waals surface area contributed by atoms with Crippen LogP contribution in [-0.2, 0) is 6.42 Å². The van der Waals surface area contributed by atoms with Crippen LogP contribution in [0.15, 0.2) is 72.8 Å². The first kappa shape index (κ1) is 15.1. The Kier molecular flexibility index (Phi) is 2.53. The van der Waals surface area contributed by atoms with Gasteiger partial charge in [-0.25, -0.2) is 0 Å². The molecule has 1 aliphatic rings. The number of aromatic amines is 1. The molecular formula is C28H18N2. The Balaban J connectivity index is 1.78. The van der Waals surface area contributed by atoms with E-state index in [9.17, 15) is 0 Å². The van der Waals surface area contributed by atoms with E-state index in [0.29, 0.717) is 0 Å². The van der Waals surface area contributed by atoms with E-state index < -0.39 is 0 Å². The molecule has 0 bridgehead atoms. The molecule has 2 nitrogen and oxygen atoms in total. The average Bonchev–Trinajstić information content (AvgIpc) is 3.44. The Bertz CT molecular complexity index is 1840. The second-order valence-electron chi connectivity index (χ2n) is 8.57. The lowest BCUT2D eigenvalue weighted by atomic mass is 9.94. The second kappa shape index (κ2) is 5.03. The number of nitrogens with one attached hydrogen (secondary N) is 1. The molecule has 0 aliphatic heterocycles. The molecule has 3 heterocycles. The maximum Gasteiger partial charge on any atom is 0.0628 e. The van der Waals surface area contributed by atoms with Gasteiger partial charge in [0, 0.05) is 48.9 Å². The van der Waals surface area contributed by atoms with E-state index in [0.717, 1.165) is 12.8 Å². The molecule has 0 fully saturated rings. The van der Waals surface area contributed by atoms with E-state index in [1.807, 2.05) is 0 Å². The standard InChI is InChI=1S/C28H18N2/c1-2-8-17-16(7-1)13-14-18-21-15-23-25(19-9-3-5-11-22(19)29-23)26-20-10-4-6-12-24(20)30(27(17)18)28(21)26/h2-6,8-15,29H,1,7H2. The van der Waals surface area contributed by atoms with Crippen molar-refractivity contribution >= 4 is 66.0 Å². The number of benzene rings is 4. The van der Waals surface area contributed by atoms with Crippen molar-refractivity contribution in [2.75, 3.05) is 0 Å². The zero-order chi connectivity index (χ0) is 19.4. The zero-order valence-corrected chi connectivity index (χ0v) is 16.4. The third-order valence-corrected chi connectivity index (χ3v) is 7.09. The first-order valence-corrected chi connectivity index (χ1v) is 10.7. The second-order valence-corrected chi connectivity index (χ2v) is 8.57. The van der Waals surface area contributed by atoms with E-state index in [1.54, 1.807) is 0 Å². The number of allylic oxidation sites excluding steroid dienone is 1. The summed E-state index contributed by atoms with van der Waals surface area (Å²) in [7, 11) is 0. The van der Waals surface area contributed by atoms with Gasteiger partial charge in [0.2, 0.25) is 0 Å². The topological polar surface area (TPSA) is 20.2 Å². The number of rotatable bonds is 0. The van der Waals surface area contributed by atoms with Gasteiger partial charge in [-0.3, -0.25) is 0 Å². The predicted molar refractivity (Wildman–Crippen MR) is 128 cm³/mol. The summed E-state index contributed by atoms with van der Waals surface area (Å²) in [6.45, 7) is 0. The van der Waals surface area contributed by atoms with Crippen LogP contribution in [0.3, 0.4) is 0 Å². The normalized spacial score (nSPS) is 14.3. The first-order valence-electron chi connectivity index (χ1n) is 10.7. The Morgan fingerprint density at radius 2 is 1.57 bits per heavy atom. The lowest BCUT2D eigenvalue weighted by Gasteiger charge is -2.12. The number of hydrogen-bond donors (Lipinski definition) is 1. The van der Waals surface area contributed by atoms with Crippen molar-refractivity contribution in [3.8, 4) is 0 Å². The van der Waals surface area contributed by atoms with Crippen molar-refractivity contribution in [2.24, 2.45) is 0 Å². The highest BCUT2D eigenvalue weighted by atomic mass is 14.9. The Morgan fingerprint density at radius 1 is 0.700 bits per heavy atom. The van der Waals surface area contributed by atoms with Crippen LogP contribution in [0.4, 0.5) is 0 Å². The summed E-state index contributed by atoms with van der Waals surface area (Å²) in [6, 6.07) is 24.6. The summed E-state index contributed by atoms with van der Waals surface area (Å²) in [5.41, 5.74) is 9.31. The molecule has 140 valence electrons. The number of nitrogens with zero attached hydrogens (tertiary/aromatic N) is 1. The van der Waals surface area contributed by atoms with Gasteiger partial charge in [-0.05, 0) is 36.6 Å². The van der Waals surface area contributed by atoms with Gasteiger partial charge in [-0.1, -0.05) is 60.7 Å². The van der Waals surface area contributed by atoms with Crippen molar-refractivity contribution in [3.05, 3.63) is 83.9 Å². The molecule has 0 atom stereocenters. The van der Waals surface area contributed by atoms with Crippen LogP contribution in [0.5, 0.6) is 0 Å². The fraction of sp³-hybridized carbons (Fsp3) is 0.0714. The number of aryl methyl sites for hydroxylation is 1. The van der Waals surface area contributed by atoms with Gasteiger partial charge in [-0.2, -0.15) is 0 Å². The molecule has 0 amide bonds. The largest absolute Gasteiger partial charge is 0.354 e. The number of para-hydroxylation sites is 2. The Labute approximate surface area is 172 Å². The lowest BCUT2D eigenvalue weighted by Crippen LogP contribution is -1.96. The summed E-state index contributed by atoms with van der Waals surface area (Å²) in [5, 5.41) is 8.06. The van der Waals surface area contributed by atoms with Gasteiger partial charge in [0.25, 0.3) is 0 Å². The van der Waals surface area contributed by atoms with Gasteiger partial charge in [0.15, 0.2) is 0 Å². The maximum atomic E-state index is 3.69. The highest BCUT2D eigenvalue weighted by Gasteiger charge is 2.23. The number of H-pyrrole nitrogens is 1. The molecule has 0 saturated heterocycles. The third kappa shape index (κ3) is 1.60. The quantitative estimate of drug-likeness (QED) is 0.281. The van der Waals surface area contributed by atoms with Crippen LogP contribution < -0.4 is 0 Å². The van der Waals surface area contributed by atoms with Gasteiger partial charge < -0.3 is 9.38 Å². The molecule has 0 saturated carbocycles. The molecule has 30 heavy (non-hydrogen) atoms. The monoisotopic (exact) mass is 382 g/mol. The minimum atomic E-state index is 1.13. The summed E-state index contributed by atoms with van der Waals surface area (Å²) in [6.07, 6.45) is 6.93. The molecule has 0 radical (unpaired) electrons. The SMILES string of the molecule is C1=Cc2c(ccc3c4cc5[nH]c6ccccc6c5c5c6ccccc6n(c23)c45)CC1. The van der Waals surface area contributed by atoms with Gasteiger partial charge in [0.05, 0.1) is 16.6 Å². The molecule has 0 spiro atoms. The number of aromatic nitrogens is 2. The Morgan fingerprint density at radius 3 is 2.53 bits per heavy atom. The van der Waals surface area contributed by atoms with Crippen molar-refractivity contribution in [3.63, 3.8) is 0 Å². The minimum Gasteiger partial charge on any atom is -0.354 e. The highest BCUT2D eigenvalue weighted by Crippen LogP contribution is 2.46. The molecule has 7 aromatic rings. The minimum absolute atomic E-state index is 1.13. The van der Waals surface area contributed by atoms with E-state index in [-0.39, 0.29) is 0 Å². The van der Waals surface area contributed by atoms with Crippen LogP contribution in [0.1, 0.15) is 17.5 Å². The van der Waals surface area contributed by atoms with E-state index >= 15 is 0 Å². The highest BCUT2D eigenvalue weighted by molar-refractivity contribution is 6.35. The number of fused-ring (bicyclic) bond motifs is 12. The summed E-state index contributed by atoms with van der Waals surface area (Å²) in [5.74, 6) is 0. The molecule has 8 rings (SSSR count). The van der Waals surface area contributed by atoms with Gasteiger partial charge in [0.1, 0.15) is 0 Å². The molecule has 1 aliphatic carbocycles. The molecule has 0 unspecified atom stereocenters. The van der Waals surface area contributed by atoms with Gasteiger partial charge >= 0.3 is 0 Å². The van der Waals surface area contributed by atoms with Crippen LogP contribution in [0.25, 0.3) is 66.0 Å². The summed E-state index contributed by atoms with van der Waals surface area (Å²) in [4.78, 5) is 3.69. The van der Waals surface area contributed by atoms with Crippen LogP contribution in [0, 0.1) is 0 Å². The van der Waals surface area contributed by atoms with Crippen LogP contribution >= 0.6 is 0 Å². The summed E-state index contributed by atoms with van der Waals surface area (Å²) < 4.78 is 2.53. The van der Waals surface area contributed by atoms with E-state index in [1.165, 1.54) is 71.0 Å². The molecular weight excluding hydrogens is 364 g/mol. The van der Waals surface area contributed by atoms with E-state index in [2.05, 4.69) is 88.3 Å². The molecule has 3 aromatic heterocycles. The molecule has 2 heteroatoms. The van der Waals surface area contributed by atoms with E-state index in [4.69, 9.17) is 0 Å². The van der Waals surface area contributed by atoms with Gasteiger partial charge in [-0.15, -0.1) is 0 Å². The van der Waals surface area contributed by atoms with Crippen molar-refractivity contribution in [1.82, 2.24) is 9.38 Å². The van der Waals surface area contributed by atoms with Crippen LogP contribution in [-0.4, -0.2) is 9.38 Å². The molecule has 4 aromatic carbocycles. The molecule has 1 N–H and O–H groups in total. The van der Waals surface area contributed by atoms with Crippen LogP contribution in [0.2, 0.25) is 0 Å². The smallest absolute Gasteiger partial charge is 0.0628 e. The Hall–Kier alpha value is -3.78. The fourth-order valence-corrected chi connectivity index (χ4v) is 5.89. The van der Waals surface area contributed by atoms with Crippen molar-refractivity contribution in [1.29, 1.82) is 0 Å². The first-order chi connectivity index (χ1) is 14.9. The maximum absolute atomic E-state index is 3.69. The lowest BCUT2D eigenvalue weighted by molar-refractivity contribution is 0.988. The number of hydrogen-bond acceptors (Lipinski definition) is 0. The fourth-order valence-electron chi connectivity index (χ4n) is 5.89. The predicted octanol–water partition coefficient (Wildman–Crippen LogP) is 7.43. The van der Waals surface area contributed by atoms with Crippen molar-refractivity contribution < 1.29 is 0 Å². The van der Waals surface area contributed by atoms with Crippen molar-refractivity contribution in [2.45, 2.75) is 12.8 Å². The summed E-state index contributed by atoms with van der Waals surface area (Å²) >= 11 is 0. The average molecular weight is 382 g/mol. The third-order valence-electron chi connectivity index (χ3n) is 7.09. The zero-order valence-electron chi connectivity index (χ0n) is 16.4.